The average molecular weight is 380 g/mol. The maximum Gasteiger partial charge on any atom is 0.233 e. The molecule has 2 fully saturated rings. The number of carbonyl (C=O) groups is 1. The summed E-state index contributed by atoms with van der Waals surface area (Å²) < 4.78 is 11.1. The van der Waals surface area contributed by atoms with Crippen LogP contribution in [0.3, 0.4) is 0 Å². The van der Waals surface area contributed by atoms with E-state index < -0.39 is 5.41 Å². The number of rotatable bonds is 4. The Kier molecular flexibility index (Phi) is 5.53. The first-order valence-electron chi connectivity index (χ1n) is 10.1. The van der Waals surface area contributed by atoms with Gasteiger partial charge in [0.2, 0.25) is 5.91 Å². The minimum Gasteiger partial charge on any atom is -0.495 e. The molecule has 2 heterocycles. The number of amides is 1. The van der Waals surface area contributed by atoms with Crippen LogP contribution in [0.25, 0.3) is 0 Å². The third-order valence-corrected chi connectivity index (χ3v) is 6.07. The summed E-state index contributed by atoms with van der Waals surface area (Å²) >= 11 is 0. The van der Waals surface area contributed by atoms with Gasteiger partial charge in [-0.2, -0.15) is 0 Å². The largest absolute Gasteiger partial charge is 0.495 e. The van der Waals surface area contributed by atoms with Crippen molar-refractivity contribution in [2.24, 2.45) is 0 Å². The smallest absolute Gasteiger partial charge is 0.233 e. The van der Waals surface area contributed by atoms with Crippen molar-refractivity contribution in [2.75, 3.05) is 51.4 Å². The summed E-state index contributed by atoms with van der Waals surface area (Å²) in [6, 6.07) is 18.3. The predicted octanol–water partition coefficient (Wildman–Crippen LogP) is 3.09. The zero-order valence-electron chi connectivity index (χ0n) is 16.5. The first-order valence-corrected chi connectivity index (χ1v) is 10.1. The molecule has 0 N–H and O–H groups in total. The number of anilines is 1. The van der Waals surface area contributed by atoms with Gasteiger partial charge in [-0.15, -0.1) is 0 Å². The number of nitrogens with zero attached hydrogens (tertiary/aromatic N) is 2. The Morgan fingerprint density at radius 1 is 0.929 bits per heavy atom. The van der Waals surface area contributed by atoms with Gasteiger partial charge in [-0.25, -0.2) is 0 Å². The summed E-state index contributed by atoms with van der Waals surface area (Å²) in [5.41, 5.74) is 1.77. The van der Waals surface area contributed by atoms with Crippen LogP contribution in [0.5, 0.6) is 5.75 Å². The van der Waals surface area contributed by atoms with E-state index in [1.165, 1.54) is 0 Å². The molecule has 0 unspecified atom stereocenters. The van der Waals surface area contributed by atoms with Gasteiger partial charge in [0.1, 0.15) is 5.75 Å². The Morgan fingerprint density at radius 2 is 1.57 bits per heavy atom. The molecule has 2 saturated heterocycles. The zero-order chi connectivity index (χ0) is 19.4. The van der Waals surface area contributed by atoms with Crippen molar-refractivity contribution in [3.63, 3.8) is 0 Å². The molecule has 28 heavy (non-hydrogen) atoms. The monoisotopic (exact) mass is 380 g/mol. The van der Waals surface area contributed by atoms with Gasteiger partial charge in [-0.3, -0.25) is 4.79 Å². The van der Waals surface area contributed by atoms with Gasteiger partial charge in [0.15, 0.2) is 0 Å². The average Bonchev–Trinajstić information content (AvgIpc) is 2.79. The molecule has 0 atom stereocenters. The predicted molar refractivity (Wildman–Crippen MR) is 110 cm³/mol. The maximum atomic E-state index is 13.7. The molecule has 0 radical (unpaired) electrons. The molecule has 2 aromatic rings. The fraction of sp³-hybridized carbons (Fsp3) is 0.435. The van der Waals surface area contributed by atoms with E-state index in [1.54, 1.807) is 7.11 Å². The van der Waals surface area contributed by atoms with Crippen LogP contribution in [0.15, 0.2) is 54.6 Å². The number of ether oxygens (including phenoxy) is 2. The number of methoxy groups -OCH3 is 1. The van der Waals surface area contributed by atoms with Crippen LogP contribution in [0.4, 0.5) is 5.69 Å². The fourth-order valence-electron chi connectivity index (χ4n) is 4.45. The van der Waals surface area contributed by atoms with Gasteiger partial charge in [-0.05, 0) is 30.5 Å². The van der Waals surface area contributed by atoms with E-state index in [-0.39, 0.29) is 5.91 Å². The molecule has 2 aliphatic heterocycles. The molecular weight excluding hydrogens is 352 g/mol. The molecule has 2 aromatic carbocycles. The van der Waals surface area contributed by atoms with Crippen molar-refractivity contribution in [3.05, 3.63) is 60.2 Å². The molecule has 0 bridgehead atoms. The lowest BCUT2D eigenvalue weighted by atomic mass is 9.73. The Labute approximate surface area is 166 Å². The first kappa shape index (κ1) is 18.8. The van der Waals surface area contributed by atoms with E-state index in [9.17, 15) is 4.79 Å². The van der Waals surface area contributed by atoms with Crippen molar-refractivity contribution in [2.45, 2.75) is 18.3 Å². The second-order valence-corrected chi connectivity index (χ2v) is 7.51. The molecule has 5 nitrogen and oxygen atoms in total. The van der Waals surface area contributed by atoms with Crippen LogP contribution in [0.1, 0.15) is 18.4 Å². The van der Waals surface area contributed by atoms with Crippen LogP contribution >= 0.6 is 0 Å². The van der Waals surface area contributed by atoms with Crippen molar-refractivity contribution in [3.8, 4) is 5.75 Å². The molecule has 2 aliphatic rings. The summed E-state index contributed by atoms with van der Waals surface area (Å²) in [7, 11) is 1.70. The Balaban J connectivity index is 1.51. The summed E-state index contributed by atoms with van der Waals surface area (Å²) in [4.78, 5) is 18.0. The zero-order valence-corrected chi connectivity index (χ0v) is 16.5. The number of carbonyl (C=O) groups excluding carboxylic acids is 1. The molecule has 5 heteroatoms. The fourth-order valence-corrected chi connectivity index (χ4v) is 4.45. The van der Waals surface area contributed by atoms with Gasteiger partial charge in [-0.1, -0.05) is 42.5 Å². The highest BCUT2D eigenvalue weighted by Gasteiger charge is 2.44. The molecule has 0 saturated carbocycles. The highest BCUT2D eigenvalue weighted by atomic mass is 16.5. The molecule has 4 rings (SSSR count). The van der Waals surface area contributed by atoms with Gasteiger partial charge in [0, 0.05) is 39.4 Å². The maximum absolute atomic E-state index is 13.7. The van der Waals surface area contributed by atoms with E-state index in [0.717, 1.165) is 56.0 Å². The number of para-hydroxylation sites is 2. The van der Waals surface area contributed by atoms with Gasteiger partial charge >= 0.3 is 0 Å². The number of piperazine rings is 1. The van der Waals surface area contributed by atoms with Crippen LogP contribution in [0.2, 0.25) is 0 Å². The molecule has 0 aromatic heterocycles. The second kappa shape index (κ2) is 8.23. The third-order valence-electron chi connectivity index (χ3n) is 6.07. The van der Waals surface area contributed by atoms with Crippen molar-refractivity contribution in [1.82, 2.24) is 4.90 Å². The Morgan fingerprint density at radius 3 is 2.25 bits per heavy atom. The molecule has 148 valence electrons. The van der Waals surface area contributed by atoms with Crippen molar-refractivity contribution < 1.29 is 14.3 Å². The lowest BCUT2D eigenvalue weighted by molar-refractivity contribution is -0.141. The lowest BCUT2D eigenvalue weighted by Gasteiger charge is -2.43. The van der Waals surface area contributed by atoms with Crippen LogP contribution in [0, 0.1) is 0 Å². The Bertz CT molecular complexity index is 795. The normalized spacial score (nSPS) is 19.3. The third kappa shape index (κ3) is 3.47. The Hall–Kier alpha value is -2.53. The van der Waals surface area contributed by atoms with E-state index >= 15 is 0 Å². The van der Waals surface area contributed by atoms with Gasteiger partial charge < -0.3 is 19.3 Å². The number of hydrogen-bond donors (Lipinski definition) is 0. The highest BCUT2D eigenvalue weighted by Crippen LogP contribution is 2.37. The van der Waals surface area contributed by atoms with Gasteiger partial charge in [0.05, 0.1) is 18.2 Å². The molecular formula is C23H28N2O3. The number of hydrogen-bond acceptors (Lipinski definition) is 4. The van der Waals surface area contributed by atoms with E-state index in [1.807, 2.05) is 41.3 Å². The molecule has 0 spiro atoms. The topological polar surface area (TPSA) is 42.0 Å². The van der Waals surface area contributed by atoms with E-state index in [4.69, 9.17) is 9.47 Å². The van der Waals surface area contributed by atoms with E-state index in [0.29, 0.717) is 13.2 Å². The summed E-state index contributed by atoms with van der Waals surface area (Å²) in [6.45, 7) is 4.36. The first-order chi connectivity index (χ1) is 13.7. The van der Waals surface area contributed by atoms with Crippen LogP contribution < -0.4 is 9.64 Å². The number of benzene rings is 2. The minimum atomic E-state index is -0.452. The quantitative estimate of drug-likeness (QED) is 0.818. The summed E-state index contributed by atoms with van der Waals surface area (Å²) in [6.07, 6.45) is 1.51. The van der Waals surface area contributed by atoms with Crippen molar-refractivity contribution in [1.29, 1.82) is 0 Å². The SMILES string of the molecule is COc1ccccc1N1CCN(C(=O)C2(c3ccccc3)CCOCC2)CC1. The van der Waals surface area contributed by atoms with Gasteiger partial charge in [0.25, 0.3) is 0 Å². The summed E-state index contributed by atoms with van der Waals surface area (Å²) in [5, 5.41) is 0. The lowest BCUT2D eigenvalue weighted by Crippen LogP contribution is -2.56. The molecule has 1 amide bonds. The van der Waals surface area contributed by atoms with Crippen molar-refractivity contribution >= 4 is 11.6 Å². The van der Waals surface area contributed by atoms with Crippen LogP contribution in [-0.4, -0.2) is 57.3 Å². The highest BCUT2D eigenvalue weighted by molar-refractivity contribution is 5.88. The standard InChI is InChI=1S/C23H28N2O3/c1-27-21-10-6-5-9-20(21)24-13-15-25(16-14-24)22(26)23(11-17-28-18-12-23)19-7-3-2-4-8-19/h2-10H,11-18H2,1H3. The summed E-state index contributed by atoms with van der Waals surface area (Å²) in [5.74, 6) is 1.13. The molecule has 0 aliphatic carbocycles. The van der Waals surface area contributed by atoms with Crippen LogP contribution in [-0.2, 0) is 14.9 Å². The minimum absolute atomic E-state index is 0.252. The van der Waals surface area contributed by atoms with E-state index in [2.05, 4.69) is 23.1 Å². The second-order valence-electron chi connectivity index (χ2n) is 7.51.